The molecular formula is C25H27F2N5O4. The molecule has 0 atom stereocenters. The average Bonchev–Trinajstić information content (AvgIpc) is 3.51. The van der Waals surface area contributed by atoms with E-state index in [0.717, 1.165) is 11.6 Å². The Kier molecular flexibility index (Phi) is 7.57. The molecule has 0 spiro atoms. The number of aromatic nitrogens is 4. The molecule has 2 aromatic carbocycles. The second-order valence-corrected chi connectivity index (χ2v) is 7.95. The van der Waals surface area contributed by atoms with E-state index < -0.39 is 17.3 Å². The lowest BCUT2D eigenvalue weighted by atomic mass is 10.1. The third-order valence-corrected chi connectivity index (χ3v) is 5.74. The van der Waals surface area contributed by atoms with Gasteiger partial charge in [-0.1, -0.05) is 6.07 Å². The number of ether oxygens (including phenoxy) is 3. The maximum atomic E-state index is 14.9. The van der Waals surface area contributed by atoms with Crippen LogP contribution in [0.2, 0.25) is 0 Å². The van der Waals surface area contributed by atoms with Crippen LogP contribution in [0.15, 0.2) is 53.8 Å². The fourth-order valence-corrected chi connectivity index (χ4v) is 4.04. The lowest BCUT2D eigenvalue weighted by molar-refractivity contribution is 0.324. The first kappa shape index (κ1) is 24.8. The van der Waals surface area contributed by atoms with Gasteiger partial charge in [0, 0.05) is 37.6 Å². The van der Waals surface area contributed by atoms with Crippen molar-refractivity contribution in [3.8, 4) is 28.5 Å². The molecule has 190 valence electrons. The largest absolute Gasteiger partial charge is 0.493 e. The number of imidazole rings is 2. The van der Waals surface area contributed by atoms with Gasteiger partial charge in [0.1, 0.15) is 5.82 Å². The van der Waals surface area contributed by atoms with Gasteiger partial charge in [0.05, 0.1) is 33.4 Å². The number of benzene rings is 2. The quantitative estimate of drug-likeness (QED) is 0.323. The number of hydrogen-bond acceptors (Lipinski definition) is 6. The van der Waals surface area contributed by atoms with Gasteiger partial charge in [0.2, 0.25) is 5.75 Å². The van der Waals surface area contributed by atoms with E-state index in [1.807, 2.05) is 10.8 Å². The third-order valence-electron chi connectivity index (χ3n) is 5.74. The standard InChI is InChI=1S/C25H27F2N5O4/c1-34-19-12-16(13-20(35-2)23(19)36-3)14-29-24-22(17-6-4-7-18(26)21(17)27)32(25(33)30-24)10-5-9-31-11-8-28-15-31/h4,6-8,11-13,15,29H,5,9-10,14H2,1-3H3,(H,30,33). The molecule has 0 aliphatic rings. The van der Waals surface area contributed by atoms with Crippen molar-refractivity contribution in [1.82, 2.24) is 19.1 Å². The summed E-state index contributed by atoms with van der Waals surface area (Å²) in [7, 11) is 4.54. The summed E-state index contributed by atoms with van der Waals surface area (Å²) in [4.78, 5) is 19.7. The molecule has 4 aromatic rings. The number of aromatic amines is 1. The molecule has 0 aliphatic carbocycles. The molecule has 11 heteroatoms. The minimum atomic E-state index is -1.03. The highest BCUT2D eigenvalue weighted by Crippen LogP contribution is 2.38. The van der Waals surface area contributed by atoms with Crippen LogP contribution < -0.4 is 25.2 Å². The van der Waals surface area contributed by atoms with Crippen LogP contribution in [0, 0.1) is 11.6 Å². The van der Waals surface area contributed by atoms with Gasteiger partial charge in [-0.15, -0.1) is 0 Å². The highest BCUT2D eigenvalue weighted by Gasteiger charge is 2.21. The zero-order valence-electron chi connectivity index (χ0n) is 20.2. The lowest BCUT2D eigenvalue weighted by Crippen LogP contribution is -2.19. The highest BCUT2D eigenvalue weighted by molar-refractivity contribution is 5.73. The Morgan fingerprint density at radius 3 is 2.44 bits per heavy atom. The van der Waals surface area contributed by atoms with Gasteiger partial charge in [-0.2, -0.15) is 0 Å². The molecule has 0 radical (unpaired) electrons. The van der Waals surface area contributed by atoms with Crippen LogP contribution in [0.25, 0.3) is 11.3 Å². The fourth-order valence-electron chi connectivity index (χ4n) is 4.04. The zero-order chi connectivity index (χ0) is 25.7. The maximum Gasteiger partial charge on any atom is 0.327 e. The van der Waals surface area contributed by atoms with E-state index >= 15 is 0 Å². The molecule has 0 aliphatic heterocycles. The van der Waals surface area contributed by atoms with Crippen molar-refractivity contribution in [2.24, 2.45) is 0 Å². The van der Waals surface area contributed by atoms with Gasteiger partial charge in [-0.3, -0.25) is 9.55 Å². The summed E-state index contributed by atoms with van der Waals surface area (Å²) < 4.78 is 48.4. The molecule has 0 unspecified atom stereocenters. The van der Waals surface area contributed by atoms with E-state index in [1.54, 1.807) is 24.7 Å². The number of aryl methyl sites for hydroxylation is 1. The van der Waals surface area contributed by atoms with E-state index in [-0.39, 0.29) is 30.2 Å². The first-order chi connectivity index (χ1) is 17.5. The number of methoxy groups -OCH3 is 3. The van der Waals surface area contributed by atoms with Gasteiger partial charge in [0.15, 0.2) is 23.1 Å². The Labute approximate surface area is 206 Å². The summed E-state index contributed by atoms with van der Waals surface area (Å²) in [5.41, 5.74) is 0.522. The summed E-state index contributed by atoms with van der Waals surface area (Å²) >= 11 is 0. The monoisotopic (exact) mass is 499 g/mol. The van der Waals surface area contributed by atoms with Gasteiger partial charge < -0.3 is 24.1 Å². The number of halogens is 2. The first-order valence-electron chi connectivity index (χ1n) is 11.2. The summed E-state index contributed by atoms with van der Waals surface area (Å²) in [6.07, 6.45) is 5.74. The molecule has 36 heavy (non-hydrogen) atoms. The number of nitrogens with zero attached hydrogens (tertiary/aromatic N) is 3. The molecule has 4 rings (SSSR count). The fraction of sp³-hybridized carbons (Fsp3) is 0.280. The minimum Gasteiger partial charge on any atom is -0.493 e. The second-order valence-electron chi connectivity index (χ2n) is 7.95. The Morgan fingerprint density at radius 2 is 1.81 bits per heavy atom. The highest BCUT2D eigenvalue weighted by atomic mass is 19.2. The number of H-pyrrole nitrogens is 1. The van der Waals surface area contributed by atoms with Crippen LogP contribution in [0.5, 0.6) is 17.2 Å². The van der Waals surface area contributed by atoms with Crippen molar-refractivity contribution < 1.29 is 23.0 Å². The van der Waals surface area contributed by atoms with Crippen LogP contribution in [-0.2, 0) is 19.6 Å². The number of anilines is 1. The lowest BCUT2D eigenvalue weighted by Gasteiger charge is -2.15. The molecule has 0 saturated carbocycles. The molecule has 2 aromatic heterocycles. The Balaban J connectivity index is 1.67. The van der Waals surface area contributed by atoms with Crippen molar-refractivity contribution in [3.05, 3.63) is 76.7 Å². The second kappa shape index (κ2) is 11.0. The van der Waals surface area contributed by atoms with Gasteiger partial charge in [0.25, 0.3) is 0 Å². The van der Waals surface area contributed by atoms with E-state index in [2.05, 4.69) is 15.3 Å². The van der Waals surface area contributed by atoms with Crippen molar-refractivity contribution in [2.75, 3.05) is 26.6 Å². The first-order valence-corrected chi connectivity index (χ1v) is 11.2. The van der Waals surface area contributed by atoms with E-state index in [4.69, 9.17) is 14.2 Å². The molecule has 2 N–H and O–H groups in total. The van der Waals surface area contributed by atoms with E-state index in [1.165, 1.54) is 38.0 Å². The summed E-state index contributed by atoms with van der Waals surface area (Å²) in [6.45, 7) is 1.12. The van der Waals surface area contributed by atoms with Gasteiger partial charge >= 0.3 is 5.69 Å². The van der Waals surface area contributed by atoms with Crippen molar-refractivity contribution >= 4 is 5.82 Å². The molecular weight excluding hydrogens is 472 g/mol. The van der Waals surface area contributed by atoms with Gasteiger partial charge in [-0.05, 0) is 36.2 Å². The molecule has 9 nitrogen and oxygen atoms in total. The number of hydrogen-bond donors (Lipinski definition) is 2. The third kappa shape index (κ3) is 5.04. The predicted molar refractivity (Wildman–Crippen MR) is 131 cm³/mol. The van der Waals surface area contributed by atoms with Crippen LogP contribution in [0.1, 0.15) is 12.0 Å². The van der Waals surface area contributed by atoms with E-state index in [9.17, 15) is 13.6 Å². The van der Waals surface area contributed by atoms with E-state index in [0.29, 0.717) is 30.2 Å². The summed E-state index contributed by atoms with van der Waals surface area (Å²) in [6, 6.07) is 7.41. The van der Waals surface area contributed by atoms with Crippen LogP contribution in [0.4, 0.5) is 14.6 Å². The molecule has 2 heterocycles. The van der Waals surface area contributed by atoms with Crippen LogP contribution >= 0.6 is 0 Å². The normalized spacial score (nSPS) is 10.9. The minimum absolute atomic E-state index is 0.0247. The average molecular weight is 500 g/mol. The smallest absolute Gasteiger partial charge is 0.327 e. The van der Waals surface area contributed by atoms with Crippen LogP contribution in [-0.4, -0.2) is 40.4 Å². The predicted octanol–water partition coefficient (Wildman–Crippen LogP) is 4.05. The van der Waals surface area contributed by atoms with Gasteiger partial charge in [-0.25, -0.2) is 18.6 Å². The zero-order valence-corrected chi connectivity index (χ0v) is 20.2. The molecule has 0 fully saturated rings. The Hall–Kier alpha value is -4.28. The van der Waals surface area contributed by atoms with Crippen molar-refractivity contribution in [3.63, 3.8) is 0 Å². The molecule has 0 bridgehead atoms. The summed E-state index contributed by atoms with van der Waals surface area (Å²) in [5.74, 6) is -0.381. The Bertz CT molecular complexity index is 1360. The molecule has 0 saturated heterocycles. The van der Waals surface area contributed by atoms with Crippen molar-refractivity contribution in [1.29, 1.82) is 0 Å². The van der Waals surface area contributed by atoms with Crippen molar-refractivity contribution in [2.45, 2.75) is 26.1 Å². The Morgan fingerprint density at radius 1 is 1.06 bits per heavy atom. The topological polar surface area (TPSA) is 95.3 Å². The number of rotatable bonds is 11. The van der Waals surface area contributed by atoms with Crippen LogP contribution in [0.3, 0.4) is 0 Å². The SMILES string of the molecule is COc1cc(CNc2[nH]c(=O)n(CCCn3ccnc3)c2-c2cccc(F)c2F)cc(OC)c1OC. The number of nitrogens with one attached hydrogen (secondary N) is 2. The maximum absolute atomic E-state index is 14.9. The summed E-state index contributed by atoms with van der Waals surface area (Å²) in [5, 5.41) is 3.15. The molecule has 0 amide bonds.